The summed E-state index contributed by atoms with van der Waals surface area (Å²) in [6, 6.07) is 10.4. The number of imidazole rings is 1. The van der Waals surface area contributed by atoms with Gasteiger partial charge in [0.1, 0.15) is 5.82 Å². The van der Waals surface area contributed by atoms with Crippen LogP contribution < -0.4 is 0 Å². The number of aromatic amines is 1. The molecule has 0 bridgehead atoms. The van der Waals surface area contributed by atoms with E-state index in [9.17, 15) is 4.79 Å². The molecule has 0 atom stereocenters. The first-order chi connectivity index (χ1) is 10.1. The lowest BCUT2D eigenvalue weighted by Gasteiger charge is -1.98. The van der Waals surface area contributed by atoms with E-state index < -0.39 is 5.97 Å². The van der Waals surface area contributed by atoms with Crippen molar-refractivity contribution in [1.82, 2.24) is 15.0 Å². The summed E-state index contributed by atoms with van der Waals surface area (Å²) in [5.74, 6) is -0.225. The zero-order valence-electron chi connectivity index (χ0n) is 11.4. The van der Waals surface area contributed by atoms with Crippen LogP contribution in [-0.4, -0.2) is 26.0 Å². The zero-order chi connectivity index (χ0) is 14.8. The first-order valence-corrected chi connectivity index (χ1v) is 6.46. The zero-order valence-corrected chi connectivity index (χ0v) is 11.4. The minimum Gasteiger partial charge on any atom is -0.478 e. The van der Waals surface area contributed by atoms with Crippen LogP contribution in [0.15, 0.2) is 48.8 Å². The highest BCUT2D eigenvalue weighted by molar-refractivity contribution is 5.88. The van der Waals surface area contributed by atoms with Crippen molar-refractivity contribution in [1.29, 1.82) is 0 Å². The Labute approximate surface area is 121 Å². The van der Waals surface area contributed by atoms with Crippen molar-refractivity contribution in [2.24, 2.45) is 0 Å². The SMILES string of the molecule is Cc1[nH]c(-c2ccc(C(=O)O)cc2)nc1-c1cccnc1. The number of rotatable bonds is 3. The second kappa shape index (κ2) is 5.20. The third-order valence-electron chi connectivity index (χ3n) is 3.22. The number of H-pyrrole nitrogens is 1. The van der Waals surface area contributed by atoms with Gasteiger partial charge in [0.2, 0.25) is 0 Å². The van der Waals surface area contributed by atoms with Crippen molar-refractivity contribution >= 4 is 5.97 Å². The van der Waals surface area contributed by atoms with Gasteiger partial charge in [-0.2, -0.15) is 0 Å². The number of carboxylic acid groups (broad SMARTS) is 1. The van der Waals surface area contributed by atoms with Gasteiger partial charge in [0.25, 0.3) is 0 Å². The van der Waals surface area contributed by atoms with Gasteiger partial charge in [-0.05, 0) is 31.2 Å². The lowest BCUT2D eigenvalue weighted by atomic mass is 10.1. The number of carboxylic acids is 1. The van der Waals surface area contributed by atoms with E-state index in [1.54, 1.807) is 36.7 Å². The van der Waals surface area contributed by atoms with E-state index in [-0.39, 0.29) is 5.56 Å². The number of nitrogens with one attached hydrogen (secondary N) is 1. The smallest absolute Gasteiger partial charge is 0.335 e. The predicted octanol–water partition coefficient (Wildman–Crippen LogP) is 3.15. The van der Waals surface area contributed by atoms with E-state index in [0.29, 0.717) is 5.82 Å². The van der Waals surface area contributed by atoms with Gasteiger partial charge in [0, 0.05) is 29.2 Å². The Bertz CT molecular complexity index is 777. The largest absolute Gasteiger partial charge is 0.478 e. The van der Waals surface area contributed by atoms with E-state index in [1.807, 2.05) is 19.1 Å². The third-order valence-corrected chi connectivity index (χ3v) is 3.22. The first-order valence-electron chi connectivity index (χ1n) is 6.46. The summed E-state index contributed by atoms with van der Waals surface area (Å²) in [5, 5.41) is 8.91. The molecule has 0 amide bonds. The minimum atomic E-state index is -0.937. The molecule has 2 heterocycles. The maximum atomic E-state index is 10.9. The molecule has 104 valence electrons. The molecule has 2 N–H and O–H groups in total. The Kier molecular flexibility index (Phi) is 3.23. The Morgan fingerprint density at radius 3 is 2.52 bits per heavy atom. The van der Waals surface area contributed by atoms with Gasteiger partial charge in [0.05, 0.1) is 11.3 Å². The van der Waals surface area contributed by atoms with Crippen molar-refractivity contribution in [2.75, 3.05) is 0 Å². The minimum absolute atomic E-state index is 0.259. The first kappa shape index (κ1) is 13.1. The summed E-state index contributed by atoms with van der Waals surface area (Å²) in [6.45, 7) is 1.95. The molecule has 0 fully saturated rings. The lowest BCUT2D eigenvalue weighted by Crippen LogP contribution is -1.95. The van der Waals surface area contributed by atoms with Crippen LogP contribution in [0.5, 0.6) is 0 Å². The molecule has 0 aliphatic rings. The topological polar surface area (TPSA) is 78.9 Å². The molecule has 5 nitrogen and oxygen atoms in total. The number of benzene rings is 1. The molecule has 3 aromatic rings. The average Bonchev–Trinajstić information content (AvgIpc) is 2.90. The van der Waals surface area contributed by atoms with Gasteiger partial charge in [-0.15, -0.1) is 0 Å². The van der Waals surface area contributed by atoms with E-state index in [0.717, 1.165) is 22.5 Å². The Morgan fingerprint density at radius 1 is 1.14 bits per heavy atom. The Hall–Kier alpha value is -2.95. The normalized spacial score (nSPS) is 10.5. The van der Waals surface area contributed by atoms with Crippen molar-refractivity contribution in [3.8, 4) is 22.6 Å². The standard InChI is InChI=1S/C16H13N3O2/c1-10-14(13-3-2-8-17-9-13)19-15(18-10)11-4-6-12(7-5-11)16(20)21/h2-9H,1H3,(H,18,19)(H,20,21). The van der Waals surface area contributed by atoms with Crippen molar-refractivity contribution in [3.05, 3.63) is 60.0 Å². The van der Waals surface area contributed by atoms with Crippen LogP contribution in [0.1, 0.15) is 16.1 Å². The molecule has 0 radical (unpaired) electrons. The van der Waals surface area contributed by atoms with Crippen LogP contribution in [0.4, 0.5) is 0 Å². The van der Waals surface area contributed by atoms with Crippen molar-refractivity contribution < 1.29 is 9.90 Å². The summed E-state index contributed by atoms with van der Waals surface area (Å²) in [4.78, 5) is 22.8. The van der Waals surface area contributed by atoms with Gasteiger partial charge in [-0.25, -0.2) is 9.78 Å². The van der Waals surface area contributed by atoms with Crippen molar-refractivity contribution in [3.63, 3.8) is 0 Å². The summed E-state index contributed by atoms with van der Waals surface area (Å²) >= 11 is 0. The van der Waals surface area contributed by atoms with Gasteiger partial charge in [0.15, 0.2) is 0 Å². The summed E-state index contributed by atoms with van der Waals surface area (Å²) in [5.41, 5.74) is 3.84. The van der Waals surface area contributed by atoms with E-state index >= 15 is 0 Å². The molecular weight excluding hydrogens is 266 g/mol. The number of aromatic nitrogens is 3. The Balaban J connectivity index is 1.99. The van der Waals surface area contributed by atoms with E-state index in [2.05, 4.69) is 15.0 Å². The number of aryl methyl sites for hydroxylation is 1. The summed E-state index contributed by atoms with van der Waals surface area (Å²) in [6.07, 6.45) is 3.48. The highest BCUT2D eigenvalue weighted by atomic mass is 16.4. The molecule has 0 saturated carbocycles. The van der Waals surface area contributed by atoms with Crippen LogP contribution in [0.2, 0.25) is 0 Å². The molecule has 0 aliphatic heterocycles. The number of pyridine rings is 1. The highest BCUT2D eigenvalue weighted by Crippen LogP contribution is 2.25. The molecule has 5 heteroatoms. The van der Waals surface area contributed by atoms with Crippen LogP contribution >= 0.6 is 0 Å². The maximum Gasteiger partial charge on any atom is 0.335 e. The monoisotopic (exact) mass is 279 g/mol. The fourth-order valence-electron chi connectivity index (χ4n) is 2.15. The fraction of sp³-hybridized carbons (Fsp3) is 0.0625. The molecule has 0 aliphatic carbocycles. The van der Waals surface area contributed by atoms with Crippen LogP contribution in [-0.2, 0) is 0 Å². The fourth-order valence-corrected chi connectivity index (χ4v) is 2.15. The Morgan fingerprint density at radius 2 is 1.90 bits per heavy atom. The molecule has 0 saturated heterocycles. The van der Waals surface area contributed by atoms with Gasteiger partial charge >= 0.3 is 5.97 Å². The second-order valence-electron chi connectivity index (χ2n) is 4.68. The van der Waals surface area contributed by atoms with Crippen LogP contribution in [0, 0.1) is 6.92 Å². The molecular formula is C16H13N3O2. The highest BCUT2D eigenvalue weighted by Gasteiger charge is 2.11. The molecule has 0 spiro atoms. The number of nitrogens with zero attached hydrogens (tertiary/aromatic N) is 2. The molecule has 21 heavy (non-hydrogen) atoms. The molecule has 3 rings (SSSR count). The molecule has 1 aromatic carbocycles. The average molecular weight is 279 g/mol. The maximum absolute atomic E-state index is 10.9. The summed E-state index contributed by atoms with van der Waals surface area (Å²) in [7, 11) is 0. The molecule has 0 unspecified atom stereocenters. The summed E-state index contributed by atoms with van der Waals surface area (Å²) < 4.78 is 0. The van der Waals surface area contributed by atoms with Gasteiger partial charge in [-0.3, -0.25) is 4.98 Å². The van der Waals surface area contributed by atoms with E-state index in [4.69, 9.17) is 5.11 Å². The quantitative estimate of drug-likeness (QED) is 0.772. The van der Waals surface area contributed by atoms with Crippen molar-refractivity contribution in [2.45, 2.75) is 6.92 Å². The lowest BCUT2D eigenvalue weighted by molar-refractivity contribution is 0.0697. The third kappa shape index (κ3) is 2.53. The van der Waals surface area contributed by atoms with Crippen LogP contribution in [0.3, 0.4) is 0 Å². The van der Waals surface area contributed by atoms with Crippen LogP contribution in [0.25, 0.3) is 22.6 Å². The molecule has 2 aromatic heterocycles. The van der Waals surface area contributed by atoms with Gasteiger partial charge < -0.3 is 10.1 Å². The second-order valence-corrected chi connectivity index (χ2v) is 4.68. The number of carbonyl (C=O) groups is 1. The number of aromatic carboxylic acids is 1. The van der Waals surface area contributed by atoms with Gasteiger partial charge in [-0.1, -0.05) is 12.1 Å². The number of hydrogen-bond donors (Lipinski definition) is 2. The predicted molar refractivity (Wildman–Crippen MR) is 79.0 cm³/mol. The van der Waals surface area contributed by atoms with E-state index in [1.165, 1.54) is 0 Å². The number of hydrogen-bond acceptors (Lipinski definition) is 3.